The second kappa shape index (κ2) is 11.4. The predicted octanol–water partition coefficient (Wildman–Crippen LogP) is 3.54. The van der Waals surface area contributed by atoms with Gasteiger partial charge < -0.3 is 19.9 Å². The van der Waals surface area contributed by atoms with Crippen LogP contribution in [-0.2, 0) is 11.3 Å². The molecule has 0 bridgehead atoms. The Hall–Kier alpha value is -4.03. The molecule has 2 aliphatic heterocycles. The number of rotatable bonds is 7. The largest absolute Gasteiger partial charge is 0.378 e. The van der Waals surface area contributed by atoms with Crippen LogP contribution in [0.5, 0.6) is 0 Å². The zero-order valence-electron chi connectivity index (χ0n) is 21.8. The van der Waals surface area contributed by atoms with Crippen molar-refractivity contribution in [2.24, 2.45) is 0 Å². The summed E-state index contributed by atoms with van der Waals surface area (Å²) in [7, 11) is 0. The van der Waals surface area contributed by atoms with E-state index in [1.54, 1.807) is 24.8 Å². The van der Waals surface area contributed by atoms with Gasteiger partial charge in [0.05, 0.1) is 41.8 Å². The van der Waals surface area contributed by atoms with Crippen LogP contribution in [0, 0.1) is 5.82 Å². The summed E-state index contributed by atoms with van der Waals surface area (Å²) in [6.07, 6.45) is 10.0. The maximum atomic E-state index is 14.7. The van der Waals surface area contributed by atoms with Crippen molar-refractivity contribution in [1.29, 1.82) is 0 Å². The van der Waals surface area contributed by atoms with Gasteiger partial charge in [-0.2, -0.15) is 0 Å². The number of piperazine rings is 1. The number of ether oxygens (including phenoxy) is 1. The van der Waals surface area contributed by atoms with Crippen molar-refractivity contribution >= 4 is 17.6 Å². The van der Waals surface area contributed by atoms with Crippen molar-refractivity contribution in [2.75, 3.05) is 43.0 Å². The topological polar surface area (TPSA) is 121 Å². The zero-order chi connectivity index (χ0) is 26.6. The predicted molar refractivity (Wildman–Crippen MR) is 144 cm³/mol. The number of hydrogen-bond donors (Lipinski definition) is 2. The Bertz CT molecular complexity index is 1380. The summed E-state index contributed by atoms with van der Waals surface area (Å²) in [4.78, 5) is 34.1. The van der Waals surface area contributed by atoms with E-state index in [4.69, 9.17) is 4.74 Å². The maximum Gasteiger partial charge on any atom is 0.228 e. The molecule has 0 radical (unpaired) electrons. The van der Waals surface area contributed by atoms with Gasteiger partial charge in [0.15, 0.2) is 5.82 Å². The molecule has 0 amide bonds. The lowest BCUT2D eigenvalue weighted by atomic mass is 9.96. The summed E-state index contributed by atoms with van der Waals surface area (Å²) in [5, 5.41) is 3.14. The van der Waals surface area contributed by atoms with E-state index in [0.29, 0.717) is 12.3 Å². The van der Waals surface area contributed by atoms with E-state index in [2.05, 4.69) is 56.9 Å². The number of imidazole rings is 1. The molecule has 2 atom stereocenters. The number of anilines is 3. The van der Waals surface area contributed by atoms with Gasteiger partial charge in [-0.3, -0.25) is 9.88 Å². The van der Waals surface area contributed by atoms with E-state index in [-0.39, 0.29) is 23.7 Å². The zero-order valence-corrected chi connectivity index (χ0v) is 21.8. The van der Waals surface area contributed by atoms with Crippen molar-refractivity contribution in [3.63, 3.8) is 0 Å². The van der Waals surface area contributed by atoms with Crippen LogP contribution in [-0.4, -0.2) is 78.7 Å². The molecule has 39 heavy (non-hydrogen) atoms. The van der Waals surface area contributed by atoms with Gasteiger partial charge in [-0.15, -0.1) is 0 Å². The summed E-state index contributed by atoms with van der Waals surface area (Å²) in [6.45, 7) is 7.09. The molecule has 202 valence electrons. The second-order valence-corrected chi connectivity index (χ2v) is 9.95. The Morgan fingerprint density at radius 1 is 1.03 bits per heavy atom. The molecule has 6 heterocycles. The van der Waals surface area contributed by atoms with Crippen LogP contribution < -0.4 is 10.2 Å². The molecule has 2 unspecified atom stereocenters. The molecular weight excluding hydrogens is 499 g/mol. The third kappa shape index (κ3) is 6.02. The quantitative estimate of drug-likeness (QED) is 0.367. The Kier molecular flexibility index (Phi) is 7.37. The summed E-state index contributed by atoms with van der Waals surface area (Å²) in [5.74, 6) is 1.65. The first kappa shape index (κ1) is 25.3. The van der Waals surface area contributed by atoms with Gasteiger partial charge in [-0.1, -0.05) is 0 Å². The summed E-state index contributed by atoms with van der Waals surface area (Å²) in [5.41, 5.74) is 2.40. The fourth-order valence-corrected chi connectivity index (χ4v) is 5.04. The Morgan fingerprint density at radius 2 is 1.87 bits per heavy atom. The normalized spacial score (nSPS) is 20.2. The molecule has 11 nitrogen and oxygen atoms in total. The standard InChI is InChI=1S/C27H31FN10O/c1-18-13-19(5-12-39-18)25-32-16-23(35-25)24-22(28)15-33-26(36-24)34-20-3-4-21(31-14-20)17-37-8-10-38(11-9-37)27-29-6-2-7-30-27/h2-4,6-7,14-16,18-19H,5,8-13,17H2,1H3,(H,32,35)(H,33,34,36). The van der Waals surface area contributed by atoms with Crippen LogP contribution in [0.3, 0.4) is 0 Å². The van der Waals surface area contributed by atoms with Crippen LogP contribution in [0.1, 0.15) is 37.2 Å². The molecule has 2 saturated heterocycles. The Morgan fingerprint density at radius 3 is 2.64 bits per heavy atom. The lowest BCUT2D eigenvalue weighted by molar-refractivity contribution is 0.0174. The molecule has 0 aromatic carbocycles. The first-order valence-electron chi connectivity index (χ1n) is 13.3. The van der Waals surface area contributed by atoms with Gasteiger partial charge in [0, 0.05) is 57.6 Å². The van der Waals surface area contributed by atoms with Crippen LogP contribution in [0.4, 0.5) is 22.0 Å². The molecule has 2 N–H and O–H groups in total. The van der Waals surface area contributed by atoms with Gasteiger partial charge in [0.1, 0.15) is 11.5 Å². The number of nitrogens with one attached hydrogen (secondary N) is 2. The molecule has 0 spiro atoms. The third-order valence-corrected chi connectivity index (χ3v) is 7.14. The van der Waals surface area contributed by atoms with E-state index >= 15 is 0 Å². The molecule has 2 aliphatic rings. The van der Waals surface area contributed by atoms with E-state index in [0.717, 1.165) is 68.7 Å². The van der Waals surface area contributed by atoms with Crippen LogP contribution in [0.15, 0.2) is 49.2 Å². The minimum absolute atomic E-state index is 0.177. The highest BCUT2D eigenvalue weighted by atomic mass is 19.1. The van der Waals surface area contributed by atoms with Crippen LogP contribution in [0.2, 0.25) is 0 Å². The van der Waals surface area contributed by atoms with E-state index in [1.165, 1.54) is 6.20 Å². The van der Waals surface area contributed by atoms with Gasteiger partial charge in [0.2, 0.25) is 11.9 Å². The fraction of sp³-hybridized carbons (Fsp3) is 0.407. The molecule has 6 rings (SSSR count). The summed E-state index contributed by atoms with van der Waals surface area (Å²) < 4.78 is 20.3. The van der Waals surface area contributed by atoms with Gasteiger partial charge in [-0.05, 0) is 38.0 Å². The maximum absolute atomic E-state index is 14.7. The molecule has 2 fully saturated rings. The first-order valence-corrected chi connectivity index (χ1v) is 13.3. The molecule has 0 aliphatic carbocycles. The highest BCUT2D eigenvalue weighted by Gasteiger charge is 2.24. The monoisotopic (exact) mass is 530 g/mol. The number of aromatic nitrogens is 7. The van der Waals surface area contributed by atoms with E-state index in [9.17, 15) is 4.39 Å². The van der Waals surface area contributed by atoms with Crippen molar-refractivity contribution in [3.8, 4) is 11.4 Å². The molecule has 0 saturated carbocycles. The van der Waals surface area contributed by atoms with Crippen molar-refractivity contribution < 1.29 is 9.13 Å². The minimum Gasteiger partial charge on any atom is -0.378 e. The van der Waals surface area contributed by atoms with Crippen molar-refractivity contribution in [1.82, 2.24) is 39.8 Å². The average Bonchev–Trinajstić information content (AvgIpc) is 3.46. The Balaban J connectivity index is 1.06. The van der Waals surface area contributed by atoms with Crippen molar-refractivity contribution in [2.45, 2.75) is 38.3 Å². The molecule has 4 aromatic heterocycles. The number of H-pyrrole nitrogens is 1. The van der Waals surface area contributed by atoms with Crippen molar-refractivity contribution in [3.05, 3.63) is 66.5 Å². The Labute approximate surface area is 225 Å². The highest BCUT2D eigenvalue weighted by Crippen LogP contribution is 2.30. The van der Waals surface area contributed by atoms with E-state index in [1.807, 2.05) is 18.2 Å². The minimum atomic E-state index is -0.511. The van der Waals surface area contributed by atoms with Gasteiger partial charge in [-0.25, -0.2) is 29.3 Å². The number of hydrogen-bond acceptors (Lipinski definition) is 10. The highest BCUT2D eigenvalue weighted by molar-refractivity contribution is 5.59. The van der Waals surface area contributed by atoms with Crippen LogP contribution in [0.25, 0.3) is 11.4 Å². The number of nitrogens with zero attached hydrogens (tertiary/aromatic N) is 8. The fourth-order valence-electron chi connectivity index (χ4n) is 5.04. The number of halogens is 1. The third-order valence-electron chi connectivity index (χ3n) is 7.14. The number of pyridine rings is 1. The first-order chi connectivity index (χ1) is 19.1. The molecule has 4 aromatic rings. The second-order valence-electron chi connectivity index (χ2n) is 9.95. The SMILES string of the molecule is CC1CC(c2ncc(-c3nc(Nc4ccc(CN5CCN(c6ncccn6)CC5)nc4)ncc3F)[nH]2)CCO1. The van der Waals surface area contributed by atoms with Gasteiger partial charge in [0.25, 0.3) is 0 Å². The van der Waals surface area contributed by atoms with Crippen LogP contribution >= 0.6 is 0 Å². The number of aromatic amines is 1. The summed E-state index contributed by atoms with van der Waals surface area (Å²) >= 11 is 0. The smallest absolute Gasteiger partial charge is 0.228 e. The average molecular weight is 531 g/mol. The molecular formula is C27H31FN10O. The summed E-state index contributed by atoms with van der Waals surface area (Å²) in [6, 6.07) is 5.74. The lowest BCUT2D eigenvalue weighted by Crippen LogP contribution is -2.46. The van der Waals surface area contributed by atoms with Gasteiger partial charge >= 0.3 is 0 Å². The lowest BCUT2D eigenvalue weighted by Gasteiger charge is -2.34. The van der Waals surface area contributed by atoms with E-state index < -0.39 is 5.82 Å². The molecule has 12 heteroatoms.